The van der Waals surface area contributed by atoms with E-state index in [2.05, 4.69) is 10.3 Å². The first-order valence-corrected chi connectivity index (χ1v) is 9.91. The van der Waals surface area contributed by atoms with Gasteiger partial charge in [-0.25, -0.2) is 0 Å². The van der Waals surface area contributed by atoms with Crippen LogP contribution in [0.5, 0.6) is 0 Å². The van der Waals surface area contributed by atoms with E-state index in [1.54, 1.807) is 14.1 Å². The van der Waals surface area contributed by atoms with Crippen LogP contribution in [0.15, 0.2) is 53.4 Å². The summed E-state index contributed by atoms with van der Waals surface area (Å²) < 4.78 is 0. The number of aryl methyl sites for hydroxylation is 1. The number of fused-ring (bicyclic) bond motifs is 1. The summed E-state index contributed by atoms with van der Waals surface area (Å²) in [6.45, 7) is 3.98. The number of nitrogens with one attached hydrogen (secondary N) is 1. The van der Waals surface area contributed by atoms with Gasteiger partial charge in [0.15, 0.2) is 0 Å². The lowest BCUT2D eigenvalue weighted by molar-refractivity contribution is 0.102. The van der Waals surface area contributed by atoms with Gasteiger partial charge in [0.1, 0.15) is 0 Å². The number of para-hydroxylation sites is 1. The van der Waals surface area contributed by atoms with Crippen molar-refractivity contribution in [3.63, 3.8) is 0 Å². The average Bonchev–Trinajstić information content (AvgIpc) is 2.67. The van der Waals surface area contributed by atoms with E-state index in [4.69, 9.17) is 0 Å². The van der Waals surface area contributed by atoms with E-state index >= 15 is 0 Å². The van der Waals surface area contributed by atoms with Crippen LogP contribution in [0, 0.1) is 6.92 Å². The summed E-state index contributed by atoms with van der Waals surface area (Å²) in [6.07, 6.45) is 0.760. The van der Waals surface area contributed by atoms with Crippen LogP contribution in [0.2, 0.25) is 0 Å². The van der Waals surface area contributed by atoms with Crippen LogP contribution in [0.4, 0.5) is 10.5 Å². The molecular formula is C22H23N3O2S. The number of amides is 2. The summed E-state index contributed by atoms with van der Waals surface area (Å²) in [7, 11) is 3.42. The second kappa shape index (κ2) is 8.44. The zero-order valence-electron chi connectivity index (χ0n) is 16.4. The minimum atomic E-state index is -0.174. The number of pyridine rings is 1. The molecular weight excluding hydrogens is 370 g/mol. The van der Waals surface area contributed by atoms with Crippen molar-refractivity contribution in [2.24, 2.45) is 0 Å². The van der Waals surface area contributed by atoms with Crippen LogP contribution in [0.25, 0.3) is 10.9 Å². The molecule has 28 heavy (non-hydrogen) atoms. The number of hydrogen-bond acceptors (Lipinski definition) is 4. The van der Waals surface area contributed by atoms with Crippen molar-refractivity contribution in [1.82, 2.24) is 9.88 Å². The molecule has 3 rings (SSSR count). The van der Waals surface area contributed by atoms with E-state index in [0.29, 0.717) is 11.3 Å². The molecule has 0 bridgehead atoms. The molecule has 3 aromatic rings. The number of rotatable bonds is 4. The number of benzene rings is 2. The van der Waals surface area contributed by atoms with Gasteiger partial charge in [0, 0.05) is 35.8 Å². The maximum Gasteiger partial charge on any atom is 0.285 e. The smallest absolute Gasteiger partial charge is 0.285 e. The average molecular weight is 394 g/mol. The number of nitrogens with zero attached hydrogens (tertiary/aromatic N) is 2. The fourth-order valence-corrected chi connectivity index (χ4v) is 3.73. The van der Waals surface area contributed by atoms with E-state index in [1.165, 1.54) is 4.90 Å². The summed E-state index contributed by atoms with van der Waals surface area (Å²) in [5.74, 6) is -0.174. The molecule has 0 aliphatic heterocycles. The Hall–Kier alpha value is -2.86. The highest BCUT2D eigenvalue weighted by atomic mass is 32.2. The highest BCUT2D eigenvalue weighted by molar-refractivity contribution is 8.13. The molecule has 0 spiro atoms. The molecule has 6 heteroatoms. The minimum Gasteiger partial charge on any atom is -0.339 e. The van der Waals surface area contributed by atoms with E-state index < -0.39 is 0 Å². The highest BCUT2D eigenvalue weighted by Crippen LogP contribution is 2.27. The van der Waals surface area contributed by atoms with Crippen molar-refractivity contribution in [3.05, 3.63) is 65.4 Å². The molecule has 0 saturated carbocycles. The Morgan fingerprint density at radius 1 is 1.11 bits per heavy atom. The van der Waals surface area contributed by atoms with Gasteiger partial charge in [0.2, 0.25) is 0 Å². The fourth-order valence-electron chi connectivity index (χ4n) is 3.02. The van der Waals surface area contributed by atoms with Gasteiger partial charge < -0.3 is 10.2 Å². The Labute approximate surface area is 169 Å². The van der Waals surface area contributed by atoms with Crippen molar-refractivity contribution in [2.75, 3.05) is 19.4 Å². The predicted molar refractivity (Wildman–Crippen MR) is 115 cm³/mol. The summed E-state index contributed by atoms with van der Waals surface area (Å²) >= 11 is 1.13. The first kappa shape index (κ1) is 19.9. The number of aromatic nitrogens is 1. The van der Waals surface area contributed by atoms with Gasteiger partial charge in [0.05, 0.1) is 11.1 Å². The molecule has 1 N–H and O–H groups in total. The van der Waals surface area contributed by atoms with Crippen LogP contribution in [-0.4, -0.2) is 35.1 Å². The standard InChI is InChI=1S/C22H23N3O2S/c1-5-18-14(2)20(17-11-6-7-12-19(17)24-18)21(26)23-15-9-8-10-16(13-15)28-22(27)25(3)4/h6-13H,5H2,1-4H3,(H,23,26). The Balaban J connectivity index is 1.94. The second-order valence-electron chi connectivity index (χ2n) is 6.67. The lowest BCUT2D eigenvalue weighted by atomic mass is 9.99. The Bertz CT molecular complexity index is 1050. The van der Waals surface area contributed by atoms with Crippen LogP contribution in [0.3, 0.4) is 0 Å². The summed E-state index contributed by atoms with van der Waals surface area (Å²) in [6, 6.07) is 15.0. The monoisotopic (exact) mass is 393 g/mol. The molecule has 0 aliphatic rings. The van der Waals surface area contributed by atoms with Gasteiger partial charge in [-0.15, -0.1) is 0 Å². The lowest BCUT2D eigenvalue weighted by Gasteiger charge is -2.14. The normalized spacial score (nSPS) is 10.7. The van der Waals surface area contributed by atoms with E-state index in [1.807, 2.05) is 62.4 Å². The summed E-state index contributed by atoms with van der Waals surface area (Å²) in [4.78, 5) is 32.0. The molecule has 5 nitrogen and oxygen atoms in total. The highest BCUT2D eigenvalue weighted by Gasteiger charge is 2.17. The van der Waals surface area contributed by atoms with Crippen molar-refractivity contribution in [3.8, 4) is 0 Å². The van der Waals surface area contributed by atoms with Gasteiger partial charge in [-0.2, -0.15) is 0 Å². The molecule has 0 unspecified atom stereocenters. The topological polar surface area (TPSA) is 62.3 Å². The van der Waals surface area contributed by atoms with Gasteiger partial charge in [-0.3, -0.25) is 14.6 Å². The third-order valence-corrected chi connectivity index (χ3v) is 5.49. The summed E-state index contributed by atoms with van der Waals surface area (Å²) in [5, 5.41) is 3.75. The first-order valence-electron chi connectivity index (χ1n) is 9.09. The Kier molecular flexibility index (Phi) is 5.99. The molecule has 2 amide bonds. The van der Waals surface area contributed by atoms with Crippen molar-refractivity contribution < 1.29 is 9.59 Å². The molecule has 2 aromatic carbocycles. The zero-order valence-corrected chi connectivity index (χ0v) is 17.3. The predicted octanol–water partition coefficient (Wildman–Crippen LogP) is 5.13. The maximum absolute atomic E-state index is 13.1. The number of thioether (sulfide) groups is 1. The summed E-state index contributed by atoms with van der Waals surface area (Å²) in [5.41, 5.74) is 3.93. The minimum absolute atomic E-state index is 0.0629. The van der Waals surface area contributed by atoms with Crippen LogP contribution >= 0.6 is 11.8 Å². The van der Waals surface area contributed by atoms with Gasteiger partial charge >= 0.3 is 0 Å². The first-order chi connectivity index (χ1) is 13.4. The molecule has 0 radical (unpaired) electrons. The van der Waals surface area contributed by atoms with E-state index in [0.717, 1.165) is 45.2 Å². The molecule has 1 aromatic heterocycles. The molecule has 1 heterocycles. The van der Waals surface area contributed by atoms with E-state index in [-0.39, 0.29) is 11.1 Å². The third kappa shape index (κ3) is 4.17. The molecule has 0 saturated heterocycles. The number of anilines is 1. The number of hydrogen-bond donors (Lipinski definition) is 1. The van der Waals surface area contributed by atoms with E-state index in [9.17, 15) is 9.59 Å². The third-order valence-electron chi connectivity index (χ3n) is 4.46. The molecule has 144 valence electrons. The zero-order chi connectivity index (χ0) is 20.3. The van der Waals surface area contributed by atoms with Crippen LogP contribution in [0.1, 0.15) is 28.5 Å². The fraction of sp³-hybridized carbons (Fsp3) is 0.227. The van der Waals surface area contributed by atoms with Gasteiger partial charge in [-0.1, -0.05) is 31.2 Å². The van der Waals surface area contributed by atoms with Crippen molar-refractivity contribution in [2.45, 2.75) is 25.2 Å². The number of carbonyl (C=O) groups is 2. The Morgan fingerprint density at radius 3 is 2.57 bits per heavy atom. The van der Waals surface area contributed by atoms with Crippen molar-refractivity contribution >= 4 is 39.5 Å². The van der Waals surface area contributed by atoms with Crippen LogP contribution < -0.4 is 5.32 Å². The number of carbonyl (C=O) groups excluding carboxylic acids is 2. The van der Waals surface area contributed by atoms with Gasteiger partial charge in [0.25, 0.3) is 11.1 Å². The Morgan fingerprint density at radius 2 is 1.86 bits per heavy atom. The second-order valence-corrected chi connectivity index (χ2v) is 7.70. The molecule has 0 fully saturated rings. The largest absolute Gasteiger partial charge is 0.339 e. The molecule has 0 atom stereocenters. The van der Waals surface area contributed by atoms with Gasteiger partial charge in [-0.05, 0) is 54.9 Å². The van der Waals surface area contributed by atoms with Crippen molar-refractivity contribution in [1.29, 1.82) is 0 Å². The lowest BCUT2D eigenvalue weighted by Crippen LogP contribution is -2.17. The molecule has 0 aliphatic carbocycles. The van der Waals surface area contributed by atoms with Crippen LogP contribution in [-0.2, 0) is 6.42 Å². The quantitative estimate of drug-likeness (QED) is 0.624. The maximum atomic E-state index is 13.1. The SMILES string of the molecule is CCc1nc2ccccc2c(C(=O)Nc2cccc(SC(=O)N(C)C)c2)c1C.